The maximum absolute atomic E-state index is 13.6. The van der Waals surface area contributed by atoms with Crippen LogP contribution in [0.5, 0.6) is 0 Å². The molecule has 1 atom stereocenters. The Morgan fingerprint density at radius 3 is 2.72 bits per heavy atom. The molecule has 18 heavy (non-hydrogen) atoms. The highest BCUT2D eigenvalue weighted by atomic mass is 35.5. The van der Waals surface area contributed by atoms with E-state index in [1.807, 2.05) is 0 Å². The second-order valence-electron chi connectivity index (χ2n) is 5.30. The van der Waals surface area contributed by atoms with E-state index in [0.29, 0.717) is 23.2 Å². The van der Waals surface area contributed by atoms with Gasteiger partial charge in [0.05, 0.1) is 0 Å². The summed E-state index contributed by atoms with van der Waals surface area (Å²) >= 11 is 5.74. The fourth-order valence-electron chi connectivity index (χ4n) is 2.74. The molecular weight excluding hydrogens is 249 g/mol. The minimum Gasteiger partial charge on any atom is -0.310 e. The van der Waals surface area contributed by atoms with E-state index >= 15 is 0 Å². The average Bonchev–Trinajstić information content (AvgIpc) is 2.38. The summed E-state index contributed by atoms with van der Waals surface area (Å²) in [7, 11) is 0. The van der Waals surface area contributed by atoms with Crippen molar-refractivity contribution in [2.75, 3.05) is 0 Å². The van der Waals surface area contributed by atoms with Crippen LogP contribution in [0.2, 0.25) is 5.02 Å². The van der Waals surface area contributed by atoms with Crippen molar-refractivity contribution in [3.63, 3.8) is 0 Å². The van der Waals surface area contributed by atoms with E-state index in [4.69, 9.17) is 11.6 Å². The van der Waals surface area contributed by atoms with Gasteiger partial charge in [-0.25, -0.2) is 4.39 Å². The van der Waals surface area contributed by atoms with Crippen molar-refractivity contribution in [1.29, 1.82) is 0 Å². The van der Waals surface area contributed by atoms with Crippen LogP contribution in [-0.2, 0) is 6.54 Å². The zero-order valence-corrected chi connectivity index (χ0v) is 11.6. The van der Waals surface area contributed by atoms with Crippen molar-refractivity contribution in [3.8, 4) is 0 Å². The molecule has 1 saturated carbocycles. The van der Waals surface area contributed by atoms with Crippen molar-refractivity contribution in [3.05, 3.63) is 34.6 Å². The SMILES string of the molecule is C[C@H](NCc1ccc(Cl)cc1F)C1CCCCC1. The van der Waals surface area contributed by atoms with E-state index in [1.165, 1.54) is 38.2 Å². The fraction of sp³-hybridized carbons (Fsp3) is 0.600. The number of halogens is 2. The van der Waals surface area contributed by atoms with Gasteiger partial charge in [0.15, 0.2) is 0 Å². The topological polar surface area (TPSA) is 12.0 Å². The molecule has 0 aliphatic heterocycles. The monoisotopic (exact) mass is 269 g/mol. The second-order valence-corrected chi connectivity index (χ2v) is 5.74. The average molecular weight is 270 g/mol. The molecule has 0 aromatic heterocycles. The van der Waals surface area contributed by atoms with Crippen LogP contribution in [-0.4, -0.2) is 6.04 Å². The van der Waals surface area contributed by atoms with E-state index < -0.39 is 0 Å². The third kappa shape index (κ3) is 3.69. The highest BCUT2D eigenvalue weighted by molar-refractivity contribution is 6.30. The van der Waals surface area contributed by atoms with Gasteiger partial charge in [0.2, 0.25) is 0 Å². The first-order valence-corrected chi connectivity index (χ1v) is 7.22. The van der Waals surface area contributed by atoms with E-state index in [1.54, 1.807) is 12.1 Å². The first-order chi connectivity index (χ1) is 8.66. The highest BCUT2D eigenvalue weighted by Crippen LogP contribution is 2.26. The molecule has 0 bridgehead atoms. The minimum atomic E-state index is -0.217. The molecule has 0 heterocycles. The molecule has 2 rings (SSSR count). The first kappa shape index (κ1) is 13.8. The largest absolute Gasteiger partial charge is 0.310 e. The van der Waals surface area contributed by atoms with Crippen LogP contribution >= 0.6 is 11.6 Å². The summed E-state index contributed by atoms with van der Waals surface area (Å²) < 4.78 is 13.6. The smallest absolute Gasteiger partial charge is 0.129 e. The third-order valence-electron chi connectivity index (χ3n) is 3.99. The van der Waals surface area contributed by atoms with Gasteiger partial charge in [-0.2, -0.15) is 0 Å². The molecule has 1 aliphatic carbocycles. The Morgan fingerprint density at radius 1 is 1.33 bits per heavy atom. The predicted octanol–water partition coefficient (Wildman–Crippen LogP) is 4.54. The lowest BCUT2D eigenvalue weighted by Gasteiger charge is -2.28. The lowest BCUT2D eigenvalue weighted by atomic mass is 9.84. The maximum Gasteiger partial charge on any atom is 0.129 e. The fourth-order valence-corrected chi connectivity index (χ4v) is 2.90. The van der Waals surface area contributed by atoms with Gasteiger partial charge in [0, 0.05) is 23.2 Å². The van der Waals surface area contributed by atoms with Crippen LogP contribution in [0.25, 0.3) is 0 Å². The van der Waals surface area contributed by atoms with Crippen molar-refractivity contribution in [2.24, 2.45) is 5.92 Å². The number of hydrogen-bond donors (Lipinski definition) is 1. The summed E-state index contributed by atoms with van der Waals surface area (Å²) in [6.07, 6.45) is 6.65. The minimum absolute atomic E-state index is 0.217. The predicted molar refractivity (Wildman–Crippen MR) is 74.3 cm³/mol. The van der Waals surface area contributed by atoms with Crippen molar-refractivity contribution < 1.29 is 4.39 Å². The first-order valence-electron chi connectivity index (χ1n) is 6.84. The molecule has 0 spiro atoms. The summed E-state index contributed by atoms with van der Waals surface area (Å²) in [6.45, 7) is 2.80. The molecule has 0 saturated heterocycles. The zero-order chi connectivity index (χ0) is 13.0. The normalized spacial score (nSPS) is 18.8. The van der Waals surface area contributed by atoms with Crippen LogP contribution in [0.15, 0.2) is 18.2 Å². The quantitative estimate of drug-likeness (QED) is 0.846. The molecule has 1 aromatic carbocycles. The Bertz CT molecular complexity index is 388. The van der Waals surface area contributed by atoms with E-state index in [9.17, 15) is 4.39 Å². The molecule has 1 nitrogen and oxygen atoms in total. The van der Waals surface area contributed by atoms with Gasteiger partial charge in [-0.05, 0) is 37.8 Å². The highest BCUT2D eigenvalue weighted by Gasteiger charge is 2.19. The summed E-state index contributed by atoms with van der Waals surface area (Å²) in [4.78, 5) is 0. The number of benzene rings is 1. The summed E-state index contributed by atoms with van der Waals surface area (Å²) in [5.41, 5.74) is 0.696. The number of hydrogen-bond acceptors (Lipinski definition) is 1. The van der Waals surface area contributed by atoms with Gasteiger partial charge in [-0.1, -0.05) is 36.9 Å². The van der Waals surface area contributed by atoms with Gasteiger partial charge in [-0.15, -0.1) is 0 Å². The molecule has 0 amide bonds. The molecule has 1 aromatic rings. The molecule has 0 unspecified atom stereocenters. The second kappa shape index (κ2) is 6.53. The Kier molecular flexibility index (Phi) is 5.02. The number of nitrogens with one attached hydrogen (secondary N) is 1. The Hall–Kier alpha value is -0.600. The summed E-state index contributed by atoms with van der Waals surface area (Å²) in [5, 5.41) is 3.90. The van der Waals surface area contributed by atoms with E-state index in [0.717, 1.165) is 5.92 Å². The maximum atomic E-state index is 13.6. The lowest BCUT2D eigenvalue weighted by molar-refractivity contribution is 0.280. The van der Waals surface area contributed by atoms with E-state index in [-0.39, 0.29) is 5.82 Å². The number of rotatable bonds is 4. The van der Waals surface area contributed by atoms with Crippen LogP contribution in [0.1, 0.15) is 44.6 Å². The van der Waals surface area contributed by atoms with Crippen LogP contribution in [0.3, 0.4) is 0 Å². The third-order valence-corrected chi connectivity index (χ3v) is 4.22. The summed E-state index contributed by atoms with van der Waals surface area (Å²) in [6, 6.07) is 5.34. The van der Waals surface area contributed by atoms with Crippen molar-refractivity contribution >= 4 is 11.6 Å². The summed E-state index contributed by atoms with van der Waals surface area (Å²) in [5.74, 6) is 0.528. The van der Waals surface area contributed by atoms with Gasteiger partial charge in [0.1, 0.15) is 5.82 Å². The van der Waals surface area contributed by atoms with Crippen LogP contribution in [0, 0.1) is 11.7 Å². The van der Waals surface area contributed by atoms with E-state index in [2.05, 4.69) is 12.2 Å². The van der Waals surface area contributed by atoms with Crippen molar-refractivity contribution in [1.82, 2.24) is 5.32 Å². The standard InChI is InChI=1S/C15H21ClFN/c1-11(12-5-3-2-4-6-12)18-10-13-7-8-14(16)9-15(13)17/h7-9,11-12,18H,2-6,10H2,1H3/t11-/m0/s1. The van der Waals surface area contributed by atoms with Gasteiger partial charge >= 0.3 is 0 Å². The molecular formula is C15H21ClFN. The molecule has 1 aliphatic rings. The molecule has 3 heteroatoms. The molecule has 1 N–H and O–H groups in total. The van der Waals surface area contributed by atoms with Crippen molar-refractivity contribution in [2.45, 2.75) is 51.6 Å². The van der Waals surface area contributed by atoms with Crippen LogP contribution in [0.4, 0.5) is 4.39 Å². The lowest BCUT2D eigenvalue weighted by Crippen LogP contribution is -2.34. The van der Waals surface area contributed by atoms with Gasteiger partial charge in [0.25, 0.3) is 0 Å². The Morgan fingerprint density at radius 2 is 2.06 bits per heavy atom. The molecule has 0 radical (unpaired) electrons. The Labute approximate surface area is 114 Å². The van der Waals surface area contributed by atoms with Crippen LogP contribution < -0.4 is 5.32 Å². The van der Waals surface area contributed by atoms with Gasteiger partial charge in [-0.3, -0.25) is 0 Å². The molecule has 100 valence electrons. The Balaban J connectivity index is 1.86. The van der Waals surface area contributed by atoms with Gasteiger partial charge < -0.3 is 5.32 Å². The molecule has 1 fully saturated rings. The zero-order valence-electron chi connectivity index (χ0n) is 10.9.